The summed E-state index contributed by atoms with van der Waals surface area (Å²) in [5.74, 6) is -0.611. The maximum Gasteiger partial charge on any atom is 0.254 e. The molecule has 2 amide bonds. The molecular weight excluding hydrogens is 351 g/mol. The van der Waals surface area contributed by atoms with Crippen LogP contribution < -0.4 is 0 Å². The Morgan fingerprint density at radius 1 is 1.41 bits per heavy atom. The first-order valence-electron chi connectivity index (χ1n) is 9.39. The number of hydrogen-bond acceptors (Lipinski definition) is 4. The summed E-state index contributed by atoms with van der Waals surface area (Å²) in [6.45, 7) is 4.53. The van der Waals surface area contributed by atoms with Crippen LogP contribution in [0.15, 0.2) is 18.2 Å². The minimum Gasteiger partial charge on any atom is -0.385 e. The van der Waals surface area contributed by atoms with E-state index < -0.39 is 11.4 Å². The van der Waals surface area contributed by atoms with Gasteiger partial charge in [-0.25, -0.2) is 4.39 Å². The topological polar surface area (TPSA) is 59.1 Å². The molecule has 6 nitrogen and oxygen atoms in total. The summed E-state index contributed by atoms with van der Waals surface area (Å²) in [5.41, 5.74) is 0.301. The van der Waals surface area contributed by atoms with E-state index >= 15 is 0 Å². The second-order valence-corrected chi connectivity index (χ2v) is 7.36. The molecule has 2 saturated heterocycles. The Morgan fingerprint density at radius 3 is 2.89 bits per heavy atom. The zero-order valence-electron chi connectivity index (χ0n) is 16.0. The summed E-state index contributed by atoms with van der Waals surface area (Å²) in [7, 11) is 1.64. The molecule has 1 aromatic rings. The molecule has 2 heterocycles. The average molecular weight is 378 g/mol. The number of nitrogens with zero attached hydrogens (tertiary/aromatic N) is 2. The van der Waals surface area contributed by atoms with Crippen LogP contribution in [-0.2, 0) is 14.3 Å². The highest BCUT2D eigenvalue weighted by molar-refractivity contribution is 5.95. The summed E-state index contributed by atoms with van der Waals surface area (Å²) in [4.78, 5) is 29.4. The zero-order valence-corrected chi connectivity index (χ0v) is 16.0. The van der Waals surface area contributed by atoms with Crippen LogP contribution >= 0.6 is 0 Å². The summed E-state index contributed by atoms with van der Waals surface area (Å²) in [6.07, 6.45) is 1.69. The quantitative estimate of drug-likeness (QED) is 0.736. The minimum absolute atomic E-state index is 0.0296. The molecule has 1 spiro atoms. The number of benzene rings is 1. The third-order valence-electron chi connectivity index (χ3n) is 5.47. The fourth-order valence-corrected chi connectivity index (χ4v) is 3.89. The van der Waals surface area contributed by atoms with Crippen molar-refractivity contribution in [2.45, 2.75) is 31.7 Å². The van der Waals surface area contributed by atoms with Gasteiger partial charge >= 0.3 is 0 Å². The number of methoxy groups -OCH3 is 1. The predicted octanol–water partition coefficient (Wildman–Crippen LogP) is 2.00. The number of halogens is 1. The molecule has 0 bridgehead atoms. The first kappa shape index (κ1) is 19.8. The highest BCUT2D eigenvalue weighted by atomic mass is 19.1. The van der Waals surface area contributed by atoms with Gasteiger partial charge in [-0.1, -0.05) is 6.07 Å². The molecule has 3 rings (SSSR count). The predicted molar refractivity (Wildman–Crippen MR) is 98.0 cm³/mol. The number of carbonyl (C=O) groups excluding carboxylic acids is 2. The molecule has 2 aliphatic rings. The first-order chi connectivity index (χ1) is 13.0. The van der Waals surface area contributed by atoms with Crippen molar-refractivity contribution in [2.24, 2.45) is 0 Å². The summed E-state index contributed by atoms with van der Waals surface area (Å²) in [5, 5.41) is 0. The van der Waals surface area contributed by atoms with Crippen molar-refractivity contribution >= 4 is 11.8 Å². The van der Waals surface area contributed by atoms with Crippen LogP contribution in [0.25, 0.3) is 0 Å². The lowest BCUT2D eigenvalue weighted by atomic mass is 9.95. The van der Waals surface area contributed by atoms with Gasteiger partial charge in [0.2, 0.25) is 5.91 Å². The standard InChI is InChI=1S/C20H27FN2O4/c1-15-4-5-16(12-17(15)21)19(25)22-9-6-18(24)23(8-3-10-26-2)20(13-22)7-11-27-14-20/h4-5,12H,3,6-11,13-14H2,1-2H3. The van der Waals surface area contributed by atoms with Crippen molar-refractivity contribution in [3.8, 4) is 0 Å². The second kappa shape index (κ2) is 8.35. The Labute approximate surface area is 159 Å². The number of ether oxygens (including phenoxy) is 2. The SMILES string of the molecule is COCCCN1C(=O)CCN(C(=O)c2ccc(C)c(F)c2)CC12CCOC2. The molecule has 0 saturated carbocycles. The number of rotatable bonds is 5. The number of aryl methyl sites for hydroxylation is 1. The molecule has 1 atom stereocenters. The zero-order chi connectivity index (χ0) is 19.4. The van der Waals surface area contributed by atoms with Crippen molar-refractivity contribution in [2.75, 3.05) is 46.6 Å². The highest BCUT2D eigenvalue weighted by Gasteiger charge is 2.46. The van der Waals surface area contributed by atoms with E-state index in [1.54, 1.807) is 31.1 Å². The summed E-state index contributed by atoms with van der Waals surface area (Å²) < 4.78 is 24.7. The molecule has 2 aliphatic heterocycles. The van der Waals surface area contributed by atoms with Crippen molar-refractivity contribution < 1.29 is 23.5 Å². The van der Waals surface area contributed by atoms with Crippen LogP contribution in [0.4, 0.5) is 4.39 Å². The van der Waals surface area contributed by atoms with E-state index in [4.69, 9.17) is 9.47 Å². The van der Waals surface area contributed by atoms with E-state index in [1.807, 2.05) is 4.90 Å². The Bertz CT molecular complexity index is 703. The normalized spacial score (nSPS) is 23.1. The van der Waals surface area contributed by atoms with E-state index in [-0.39, 0.29) is 18.2 Å². The largest absolute Gasteiger partial charge is 0.385 e. The fraction of sp³-hybridized carbons (Fsp3) is 0.600. The lowest BCUT2D eigenvalue weighted by molar-refractivity contribution is -0.136. The molecule has 0 aliphatic carbocycles. The highest BCUT2D eigenvalue weighted by Crippen LogP contribution is 2.31. The third kappa shape index (κ3) is 4.14. The minimum atomic E-state index is -0.514. The molecule has 1 aromatic carbocycles. The van der Waals surface area contributed by atoms with Gasteiger partial charge in [0.15, 0.2) is 0 Å². The van der Waals surface area contributed by atoms with Crippen LogP contribution in [0.3, 0.4) is 0 Å². The van der Waals surface area contributed by atoms with Crippen molar-refractivity contribution in [1.29, 1.82) is 0 Å². The van der Waals surface area contributed by atoms with Crippen LogP contribution in [-0.4, -0.2) is 73.7 Å². The van der Waals surface area contributed by atoms with Gasteiger partial charge in [0.1, 0.15) is 5.82 Å². The van der Waals surface area contributed by atoms with Gasteiger partial charge in [-0.2, -0.15) is 0 Å². The molecule has 2 fully saturated rings. The van der Waals surface area contributed by atoms with Gasteiger partial charge in [0.25, 0.3) is 5.91 Å². The average Bonchev–Trinajstić information content (AvgIpc) is 3.07. The van der Waals surface area contributed by atoms with Gasteiger partial charge in [-0.15, -0.1) is 0 Å². The molecular formula is C20H27FN2O4. The van der Waals surface area contributed by atoms with Gasteiger partial charge in [-0.3, -0.25) is 9.59 Å². The van der Waals surface area contributed by atoms with Crippen molar-refractivity contribution in [1.82, 2.24) is 9.80 Å². The Kier molecular flexibility index (Phi) is 6.11. The molecule has 7 heteroatoms. The van der Waals surface area contributed by atoms with Crippen LogP contribution in [0, 0.1) is 12.7 Å². The second-order valence-electron chi connectivity index (χ2n) is 7.36. The van der Waals surface area contributed by atoms with Gasteiger partial charge in [0.05, 0.1) is 12.1 Å². The monoisotopic (exact) mass is 378 g/mol. The lowest BCUT2D eigenvalue weighted by Gasteiger charge is -2.40. The fourth-order valence-electron chi connectivity index (χ4n) is 3.89. The van der Waals surface area contributed by atoms with E-state index in [0.717, 1.165) is 6.42 Å². The Balaban J connectivity index is 1.83. The maximum atomic E-state index is 13.9. The van der Waals surface area contributed by atoms with Gasteiger partial charge in [0, 0.05) is 51.9 Å². The van der Waals surface area contributed by atoms with E-state index in [0.29, 0.717) is 57.0 Å². The summed E-state index contributed by atoms with van der Waals surface area (Å²) in [6, 6.07) is 4.53. The van der Waals surface area contributed by atoms with E-state index in [1.165, 1.54) is 6.07 Å². The number of amides is 2. The van der Waals surface area contributed by atoms with Crippen LogP contribution in [0.5, 0.6) is 0 Å². The molecule has 0 N–H and O–H groups in total. The molecule has 0 aromatic heterocycles. The van der Waals surface area contributed by atoms with Gasteiger partial charge in [-0.05, 0) is 37.5 Å². The molecule has 1 unspecified atom stereocenters. The number of hydrogen-bond donors (Lipinski definition) is 0. The smallest absolute Gasteiger partial charge is 0.254 e. The molecule has 148 valence electrons. The Hall–Kier alpha value is -1.99. The van der Waals surface area contributed by atoms with Crippen LogP contribution in [0.1, 0.15) is 35.2 Å². The van der Waals surface area contributed by atoms with E-state index in [9.17, 15) is 14.0 Å². The Morgan fingerprint density at radius 2 is 2.22 bits per heavy atom. The first-order valence-corrected chi connectivity index (χ1v) is 9.39. The van der Waals surface area contributed by atoms with Gasteiger partial charge < -0.3 is 19.3 Å². The van der Waals surface area contributed by atoms with Crippen molar-refractivity contribution in [3.05, 3.63) is 35.1 Å². The third-order valence-corrected chi connectivity index (χ3v) is 5.47. The van der Waals surface area contributed by atoms with Crippen LogP contribution in [0.2, 0.25) is 0 Å². The molecule has 0 radical (unpaired) electrons. The molecule has 27 heavy (non-hydrogen) atoms. The number of carbonyl (C=O) groups is 2. The maximum absolute atomic E-state index is 13.9. The lowest BCUT2D eigenvalue weighted by Crippen LogP contribution is -2.57. The summed E-state index contributed by atoms with van der Waals surface area (Å²) >= 11 is 0. The van der Waals surface area contributed by atoms with E-state index in [2.05, 4.69) is 0 Å². The van der Waals surface area contributed by atoms with Crippen molar-refractivity contribution in [3.63, 3.8) is 0 Å².